The zero-order valence-electron chi connectivity index (χ0n) is 16.0. The molecule has 1 fully saturated rings. The highest BCUT2D eigenvalue weighted by Gasteiger charge is 2.20. The molecule has 0 saturated carbocycles. The molecule has 5 nitrogen and oxygen atoms in total. The van der Waals surface area contributed by atoms with E-state index in [2.05, 4.69) is 41.3 Å². The molecule has 1 unspecified atom stereocenters. The van der Waals surface area contributed by atoms with Crippen LogP contribution < -0.4 is 10.2 Å². The number of aliphatic hydroxyl groups is 1. The Morgan fingerprint density at radius 2 is 1.84 bits per heavy atom. The minimum absolute atomic E-state index is 0.0866. The topological polar surface area (TPSA) is 55.8 Å². The zero-order valence-corrected chi connectivity index (χ0v) is 16.0. The van der Waals surface area contributed by atoms with Gasteiger partial charge in [-0.1, -0.05) is 13.8 Å². The summed E-state index contributed by atoms with van der Waals surface area (Å²) >= 11 is 0. The van der Waals surface area contributed by atoms with E-state index in [1.54, 1.807) is 0 Å². The molecule has 25 heavy (non-hydrogen) atoms. The van der Waals surface area contributed by atoms with Crippen molar-refractivity contribution < 1.29 is 9.90 Å². The van der Waals surface area contributed by atoms with Gasteiger partial charge in [0.05, 0.1) is 12.5 Å². The van der Waals surface area contributed by atoms with E-state index in [0.29, 0.717) is 0 Å². The van der Waals surface area contributed by atoms with E-state index in [1.807, 2.05) is 26.0 Å². The summed E-state index contributed by atoms with van der Waals surface area (Å²) < 4.78 is 0. The van der Waals surface area contributed by atoms with Crippen LogP contribution in [0.15, 0.2) is 24.3 Å². The first-order valence-corrected chi connectivity index (χ1v) is 9.32. The van der Waals surface area contributed by atoms with E-state index in [9.17, 15) is 9.90 Å². The summed E-state index contributed by atoms with van der Waals surface area (Å²) in [6, 6.07) is 8.03. The number of anilines is 2. The molecule has 0 aromatic heterocycles. The van der Waals surface area contributed by atoms with Gasteiger partial charge in [0.2, 0.25) is 5.91 Å². The van der Waals surface area contributed by atoms with Crippen molar-refractivity contribution in [2.75, 3.05) is 43.9 Å². The van der Waals surface area contributed by atoms with Crippen molar-refractivity contribution in [1.82, 2.24) is 4.90 Å². The Bertz CT molecular complexity index is 534. The van der Waals surface area contributed by atoms with Crippen LogP contribution in [0.4, 0.5) is 11.4 Å². The quantitative estimate of drug-likeness (QED) is 0.796. The van der Waals surface area contributed by atoms with Gasteiger partial charge in [-0.05, 0) is 63.0 Å². The molecule has 0 aliphatic carbocycles. The summed E-state index contributed by atoms with van der Waals surface area (Å²) in [5, 5.41) is 12.7. The number of carbonyl (C=O) groups excluding carboxylic acids is 1. The van der Waals surface area contributed by atoms with Gasteiger partial charge in [0.25, 0.3) is 0 Å². The van der Waals surface area contributed by atoms with Crippen LogP contribution >= 0.6 is 0 Å². The summed E-state index contributed by atoms with van der Waals surface area (Å²) in [5.74, 6) is 0.735. The van der Waals surface area contributed by atoms with Crippen LogP contribution in [0.1, 0.15) is 33.1 Å². The SMILES string of the molecule is CC(C)C(O)CC(=O)Nc1ccc(N2CCC(CN(C)C)CC2)cc1. The summed E-state index contributed by atoms with van der Waals surface area (Å²) in [6.45, 7) is 7.17. The smallest absolute Gasteiger partial charge is 0.226 e. The highest BCUT2D eigenvalue weighted by molar-refractivity contribution is 5.91. The van der Waals surface area contributed by atoms with Gasteiger partial charge in [0.1, 0.15) is 0 Å². The molecular weight excluding hydrogens is 314 g/mol. The van der Waals surface area contributed by atoms with Gasteiger partial charge in [-0.15, -0.1) is 0 Å². The molecule has 1 saturated heterocycles. The van der Waals surface area contributed by atoms with Crippen LogP contribution in [0.25, 0.3) is 0 Å². The minimum atomic E-state index is -0.595. The Morgan fingerprint density at radius 3 is 2.36 bits per heavy atom. The number of piperidine rings is 1. The number of nitrogens with one attached hydrogen (secondary N) is 1. The highest BCUT2D eigenvalue weighted by atomic mass is 16.3. The molecule has 2 rings (SSSR count). The largest absolute Gasteiger partial charge is 0.392 e. The van der Waals surface area contributed by atoms with E-state index in [1.165, 1.54) is 25.1 Å². The van der Waals surface area contributed by atoms with E-state index in [4.69, 9.17) is 0 Å². The molecule has 1 atom stereocenters. The Hall–Kier alpha value is -1.59. The van der Waals surface area contributed by atoms with E-state index >= 15 is 0 Å². The first-order valence-electron chi connectivity index (χ1n) is 9.32. The number of hydrogen-bond acceptors (Lipinski definition) is 4. The van der Waals surface area contributed by atoms with E-state index in [0.717, 1.165) is 24.7 Å². The number of aliphatic hydroxyl groups excluding tert-OH is 1. The number of rotatable bonds is 7. The predicted octanol–water partition coefficient (Wildman–Crippen LogP) is 2.81. The maximum Gasteiger partial charge on any atom is 0.226 e. The van der Waals surface area contributed by atoms with Crippen molar-refractivity contribution in [1.29, 1.82) is 0 Å². The number of amides is 1. The summed E-state index contributed by atoms with van der Waals surface area (Å²) in [4.78, 5) is 16.6. The third kappa shape index (κ3) is 6.33. The van der Waals surface area contributed by atoms with E-state index in [-0.39, 0.29) is 18.2 Å². The Kier molecular flexibility index (Phi) is 7.26. The average molecular weight is 348 g/mol. The van der Waals surface area contributed by atoms with Crippen molar-refractivity contribution >= 4 is 17.3 Å². The van der Waals surface area contributed by atoms with Gasteiger partial charge in [-0.3, -0.25) is 4.79 Å². The third-order valence-electron chi connectivity index (χ3n) is 4.92. The van der Waals surface area contributed by atoms with Gasteiger partial charge in [0, 0.05) is 31.0 Å². The van der Waals surface area contributed by atoms with Gasteiger partial charge < -0.3 is 20.2 Å². The van der Waals surface area contributed by atoms with Gasteiger partial charge in [-0.2, -0.15) is 0 Å². The summed E-state index contributed by atoms with van der Waals surface area (Å²) in [5.41, 5.74) is 2.00. The molecule has 2 N–H and O–H groups in total. The number of carbonyl (C=O) groups is 1. The molecule has 140 valence electrons. The Labute approximate surface area is 152 Å². The monoisotopic (exact) mass is 347 g/mol. The van der Waals surface area contributed by atoms with E-state index < -0.39 is 6.10 Å². The molecule has 1 aromatic carbocycles. The lowest BCUT2D eigenvalue weighted by atomic mass is 9.96. The second kappa shape index (κ2) is 9.20. The normalized spacial score (nSPS) is 17.2. The lowest BCUT2D eigenvalue weighted by Gasteiger charge is -2.34. The lowest BCUT2D eigenvalue weighted by Crippen LogP contribution is -2.37. The average Bonchev–Trinajstić information content (AvgIpc) is 2.55. The molecule has 1 amide bonds. The van der Waals surface area contributed by atoms with Crippen LogP contribution in [0.5, 0.6) is 0 Å². The van der Waals surface area contributed by atoms with Gasteiger partial charge >= 0.3 is 0 Å². The third-order valence-corrected chi connectivity index (χ3v) is 4.92. The van der Waals surface area contributed by atoms with Crippen LogP contribution in [0.2, 0.25) is 0 Å². The maximum atomic E-state index is 12.0. The van der Waals surface area contributed by atoms with Gasteiger partial charge in [0.15, 0.2) is 0 Å². The maximum absolute atomic E-state index is 12.0. The second-order valence-corrected chi connectivity index (χ2v) is 7.80. The minimum Gasteiger partial charge on any atom is -0.392 e. The lowest BCUT2D eigenvalue weighted by molar-refractivity contribution is -0.118. The zero-order chi connectivity index (χ0) is 18.4. The van der Waals surface area contributed by atoms with Crippen molar-refractivity contribution in [2.45, 2.75) is 39.2 Å². The number of nitrogens with zero attached hydrogens (tertiary/aromatic N) is 2. The standard InChI is InChI=1S/C20H33N3O2/c1-15(2)19(24)13-20(25)21-17-5-7-18(8-6-17)23-11-9-16(10-12-23)14-22(3)4/h5-8,15-16,19,24H,9-14H2,1-4H3,(H,21,25). The van der Waals surface area contributed by atoms with Crippen LogP contribution in [-0.4, -0.2) is 55.7 Å². The molecule has 1 aliphatic heterocycles. The Morgan fingerprint density at radius 1 is 1.24 bits per heavy atom. The highest BCUT2D eigenvalue weighted by Crippen LogP contribution is 2.25. The van der Waals surface area contributed by atoms with Crippen molar-refractivity contribution in [2.24, 2.45) is 11.8 Å². The van der Waals surface area contributed by atoms with Gasteiger partial charge in [-0.25, -0.2) is 0 Å². The Balaban J connectivity index is 1.83. The summed E-state index contributed by atoms with van der Waals surface area (Å²) in [6.07, 6.45) is 1.99. The number of benzene rings is 1. The molecule has 0 bridgehead atoms. The molecule has 1 aromatic rings. The first kappa shape index (κ1) is 19.7. The van der Waals surface area contributed by atoms with Crippen molar-refractivity contribution in [3.8, 4) is 0 Å². The molecule has 1 heterocycles. The van der Waals surface area contributed by atoms with Crippen LogP contribution in [-0.2, 0) is 4.79 Å². The molecular formula is C20H33N3O2. The first-order chi connectivity index (χ1) is 11.8. The van der Waals surface area contributed by atoms with Crippen LogP contribution in [0.3, 0.4) is 0 Å². The van der Waals surface area contributed by atoms with Crippen molar-refractivity contribution in [3.05, 3.63) is 24.3 Å². The second-order valence-electron chi connectivity index (χ2n) is 7.80. The fraction of sp³-hybridized carbons (Fsp3) is 0.650. The van der Waals surface area contributed by atoms with Crippen LogP contribution in [0, 0.1) is 11.8 Å². The predicted molar refractivity (Wildman–Crippen MR) is 104 cm³/mol. The molecule has 1 aliphatic rings. The summed E-state index contributed by atoms with van der Waals surface area (Å²) in [7, 11) is 4.28. The molecule has 0 radical (unpaired) electrons. The molecule has 5 heteroatoms. The molecule has 0 spiro atoms. The number of hydrogen-bond donors (Lipinski definition) is 2. The fourth-order valence-corrected chi connectivity index (χ4v) is 3.28. The fourth-order valence-electron chi connectivity index (χ4n) is 3.28. The van der Waals surface area contributed by atoms with Crippen molar-refractivity contribution in [3.63, 3.8) is 0 Å².